The third-order valence-electron chi connectivity index (χ3n) is 7.67. The summed E-state index contributed by atoms with van der Waals surface area (Å²) in [4.78, 5) is 27.0. The Labute approximate surface area is 276 Å². The lowest BCUT2D eigenvalue weighted by molar-refractivity contribution is 0.628. The molecule has 0 unspecified atom stereocenters. The maximum absolute atomic E-state index is 13.9. The molecular weight excluding hydrogens is 635 g/mol. The van der Waals surface area contributed by atoms with Crippen molar-refractivity contribution in [3.63, 3.8) is 0 Å². The van der Waals surface area contributed by atoms with Crippen LogP contribution in [0.4, 0.5) is 14.6 Å². The lowest BCUT2D eigenvalue weighted by Gasteiger charge is -2.18. The van der Waals surface area contributed by atoms with E-state index in [2.05, 4.69) is 36.3 Å². The number of thiophene rings is 2. The molecule has 47 heavy (non-hydrogen) atoms. The van der Waals surface area contributed by atoms with Gasteiger partial charge in [0.1, 0.15) is 33.1 Å². The summed E-state index contributed by atoms with van der Waals surface area (Å²) in [5, 5.41) is 9.56. The van der Waals surface area contributed by atoms with E-state index in [1.54, 1.807) is 41.1 Å². The highest BCUT2D eigenvalue weighted by atomic mass is 32.1. The van der Waals surface area contributed by atoms with Gasteiger partial charge in [0.2, 0.25) is 0 Å². The number of nitrogens with one attached hydrogen (secondary N) is 2. The minimum Gasteiger partial charge on any atom is -0.362 e. The van der Waals surface area contributed by atoms with E-state index < -0.39 is 0 Å². The average molecular weight is 663 g/mol. The van der Waals surface area contributed by atoms with Gasteiger partial charge in [0.25, 0.3) is 0 Å². The van der Waals surface area contributed by atoms with E-state index in [1.807, 2.05) is 54.9 Å². The average Bonchev–Trinajstić information content (AvgIpc) is 3.85. The number of aromatic amines is 1. The van der Waals surface area contributed by atoms with Gasteiger partial charge in [0.05, 0.1) is 23.8 Å². The zero-order valence-electron chi connectivity index (χ0n) is 25.3. The molecule has 0 aliphatic heterocycles. The molecular formula is C35H28F2N8S2. The summed E-state index contributed by atoms with van der Waals surface area (Å²) >= 11 is 3.14. The summed E-state index contributed by atoms with van der Waals surface area (Å²) < 4.78 is 27.2. The van der Waals surface area contributed by atoms with E-state index in [4.69, 9.17) is 10.7 Å². The Balaban J connectivity index is 0.000000161. The van der Waals surface area contributed by atoms with Crippen LogP contribution in [0.3, 0.4) is 0 Å². The van der Waals surface area contributed by atoms with Gasteiger partial charge >= 0.3 is 0 Å². The van der Waals surface area contributed by atoms with Crippen molar-refractivity contribution < 1.29 is 8.78 Å². The van der Waals surface area contributed by atoms with E-state index in [0.29, 0.717) is 11.5 Å². The van der Waals surface area contributed by atoms with Gasteiger partial charge in [0, 0.05) is 33.5 Å². The smallest absolute Gasteiger partial charge is 0.182 e. The molecule has 0 fully saturated rings. The number of H-pyrrole nitrogens is 1. The highest BCUT2D eigenvalue weighted by Gasteiger charge is 2.18. The van der Waals surface area contributed by atoms with E-state index in [0.717, 1.165) is 59.6 Å². The zero-order valence-corrected chi connectivity index (χ0v) is 26.9. The molecule has 8 rings (SSSR count). The summed E-state index contributed by atoms with van der Waals surface area (Å²) in [6.45, 7) is 3.94. The molecule has 0 bridgehead atoms. The second kappa shape index (κ2) is 12.9. The SMILES string of the molecule is C[C@H](N)c1cc2ccsc2nc1-c1cccc(F)c1.C[C@H](Nc1ncnc2nc[nH]c12)c1cc2ccsc2nc1-c1cccc(F)c1. The molecule has 0 radical (unpaired) electrons. The Bertz CT molecular complexity index is 2350. The Hall–Kier alpha value is -5.17. The first-order valence-electron chi connectivity index (χ1n) is 14.8. The normalized spacial score (nSPS) is 12.6. The number of rotatable bonds is 6. The van der Waals surface area contributed by atoms with Crippen molar-refractivity contribution in [1.29, 1.82) is 0 Å². The molecule has 234 valence electrons. The number of halogens is 2. The largest absolute Gasteiger partial charge is 0.362 e. The van der Waals surface area contributed by atoms with Crippen molar-refractivity contribution in [3.05, 3.63) is 119 Å². The summed E-state index contributed by atoms with van der Waals surface area (Å²) in [5.41, 5.74) is 12.3. The topological polar surface area (TPSA) is 118 Å². The van der Waals surface area contributed by atoms with E-state index >= 15 is 0 Å². The molecule has 4 N–H and O–H groups in total. The van der Waals surface area contributed by atoms with Crippen molar-refractivity contribution in [2.45, 2.75) is 25.9 Å². The lowest BCUT2D eigenvalue weighted by atomic mass is 9.99. The molecule has 8 nitrogen and oxygen atoms in total. The first-order chi connectivity index (χ1) is 22.8. The monoisotopic (exact) mass is 662 g/mol. The third kappa shape index (κ3) is 6.30. The van der Waals surface area contributed by atoms with Crippen molar-refractivity contribution in [1.82, 2.24) is 29.9 Å². The highest BCUT2D eigenvalue weighted by molar-refractivity contribution is 7.17. The zero-order chi connectivity index (χ0) is 32.5. The fraction of sp³-hybridized carbons (Fsp3) is 0.114. The van der Waals surface area contributed by atoms with Crippen molar-refractivity contribution in [2.24, 2.45) is 5.73 Å². The summed E-state index contributed by atoms with van der Waals surface area (Å²) in [5.74, 6) is 0.110. The molecule has 0 spiro atoms. The van der Waals surface area contributed by atoms with Crippen LogP contribution in [0.2, 0.25) is 0 Å². The van der Waals surface area contributed by atoms with Gasteiger partial charge in [0.15, 0.2) is 11.5 Å². The molecule has 12 heteroatoms. The Morgan fingerprint density at radius 2 is 1.34 bits per heavy atom. The number of aromatic nitrogens is 6. The number of benzene rings is 2. The molecule has 8 aromatic rings. The number of pyridine rings is 2. The maximum Gasteiger partial charge on any atom is 0.182 e. The fourth-order valence-corrected chi connectivity index (χ4v) is 6.90. The van der Waals surface area contributed by atoms with Crippen LogP contribution in [0.5, 0.6) is 0 Å². The second-order valence-corrected chi connectivity index (χ2v) is 12.8. The first-order valence-corrected chi connectivity index (χ1v) is 16.5. The minimum atomic E-state index is -0.285. The molecule has 0 saturated heterocycles. The molecule has 0 aliphatic rings. The van der Waals surface area contributed by atoms with Gasteiger partial charge in [-0.3, -0.25) is 0 Å². The van der Waals surface area contributed by atoms with Crippen LogP contribution in [0.25, 0.3) is 54.1 Å². The Morgan fingerprint density at radius 1 is 0.745 bits per heavy atom. The lowest BCUT2D eigenvalue weighted by Crippen LogP contribution is -2.11. The predicted octanol–water partition coefficient (Wildman–Crippen LogP) is 9.06. The number of imidazole rings is 1. The summed E-state index contributed by atoms with van der Waals surface area (Å²) in [6, 6.07) is 20.9. The second-order valence-electron chi connectivity index (χ2n) is 11.0. The van der Waals surface area contributed by atoms with E-state index in [9.17, 15) is 8.78 Å². The van der Waals surface area contributed by atoms with Crippen LogP contribution >= 0.6 is 22.7 Å². The number of hydrogen-bond acceptors (Lipinski definition) is 9. The quantitative estimate of drug-likeness (QED) is 0.163. The van der Waals surface area contributed by atoms with E-state index in [1.165, 1.54) is 30.6 Å². The van der Waals surface area contributed by atoms with Crippen LogP contribution in [-0.4, -0.2) is 29.9 Å². The Morgan fingerprint density at radius 3 is 1.94 bits per heavy atom. The molecule has 0 amide bonds. The predicted molar refractivity (Wildman–Crippen MR) is 186 cm³/mol. The van der Waals surface area contributed by atoms with Crippen molar-refractivity contribution in [2.75, 3.05) is 5.32 Å². The minimum absolute atomic E-state index is 0.128. The number of anilines is 1. The van der Waals surface area contributed by atoms with Gasteiger partial charge in [-0.1, -0.05) is 24.3 Å². The van der Waals surface area contributed by atoms with Crippen molar-refractivity contribution in [3.8, 4) is 22.5 Å². The van der Waals surface area contributed by atoms with Crippen LogP contribution < -0.4 is 11.1 Å². The third-order valence-corrected chi connectivity index (χ3v) is 9.32. The first kappa shape index (κ1) is 30.5. The van der Waals surface area contributed by atoms with Crippen molar-refractivity contribution >= 4 is 60.1 Å². The van der Waals surface area contributed by atoms with Crippen LogP contribution in [-0.2, 0) is 0 Å². The fourth-order valence-electron chi connectivity index (χ4n) is 5.40. The van der Waals surface area contributed by atoms with Gasteiger partial charge < -0.3 is 16.0 Å². The molecule has 0 saturated carbocycles. The van der Waals surface area contributed by atoms with Gasteiger partial charge in [-0.25, -0.2) is 33.7 Å². The Kier molecular flexibility index (Phi) is 8.37. The van der Waals surface area contributed by atoms with E-state index in [-0.39, 0.29) is 23.7 Å². The molecule has 6 aromatic heterocycles. The van der Waals surface area contributed by atoms with Crippen LogP contribution in [0.15, 0.2) is 96.2 Å². The van der Waals surface area contributed by atoms with Crippen LogP contribution in [0, 0.1) is 11.6 Å². The van der Waals surface area contributed by atoms with Gasteiger partial charge in [-0.15, -0.1) is 22.7 Å². The number of nitrogens with two attached hydrogens (primary N) is 1. The summed E-state index contributed by atoms with van der Waals surface area (Å²) in [6.07, 6.45) is 3.07. The van der Waals surface area contributed by atoms with Crippen LogP contribution in [0.1, 0.15) is 37.1 Å². The maximum atomic E-state index is 13.9. The molecule has 2 atom stereocenters. The molecule has 0 aliphatic carbocycles. The van der Waals surface area contributed by atoms with Gasteiger partial charge in [-0.05, 0) is 78.7 Å². The highest BCUT2D eigenvalue weighted by Crippen LogP contribution is 2.34. The molecule has 6 heterocycles. The number of hydrogen-bond donors (Lipinski definition) is 3. The summed E-state index contributed by atoms with van der Waals surface area (Å²) in [7, 11) is 0. The number of fused-ring (bicyclic) bond motifs is 3. The number of nitrogens with zero attached hydrogens (tertiary/aromatic N) is 5. The van der Waals surface area contributed by atoms with Gasteiger partial charge in [-0.2, -0.15) is 0 Å². The molecule has 2 aromatic carbocycles. The standard InChI is InChI=1S/C20H15FN6S.C15H13FN2S/c1-11(26-19-17-18(23-9-22-17)24-10-25-19)15-8-13-5-6-28-20(13)27-16(15)12-3-2-4-14(21)7-12;1-9(17)13-8-11-5-6-19-15(11)18-14(13)10-3-2-4-12(16)7-10/h2-11H,1H3,(H2,22,23,24,25,26);2-9H,17H2,1H3/t11-;9-/m00/s1.